The highest BCUT2D eigenvalue weighted by Gasteiger charge is 2.19. The second-order valence-corrected chi connectivity index (χ2v) is 16.5. The van der Waals surface area contributed by atoms with E-state index >= 15 is 0 Å². The summed E-state index contributed by atoms with van der Waals surface area (Å²) >= 11 is 3.83. The summed E-state index contributed by atoms with van der Waals surface area (Å²) in [6.45, 7) is 0. The number of rotatable bonds is 3. The molecule has 2 heteroatoms. The lowest BCUT2D eigenvalue weighted by atomic mass is 9.84. The summed E-state index contributed by atoms with van der Waals surface area (Å²) in [6.07, 6.45) is 0. The van der Waals surface area contributed by atoms with E-state index in [4.69, 9.17) is 0 Å². The molecule has 0 radical (unpaired) electrons. The van der Waals surface area contributed by atoms with Crippen LogP contribution >= 0.6 is 22.7 Å². The van der Waals surface area contributed by atoms with E-state index in [0.717, 1.165) is 0 Å². The summed E-state index contributed by atoms with van der Waals surface area (Å²) in [5.41, 5.74) is 7.62. The van der Waals surface area contributed by atoms with Crippen LogP contribution in [0.2, 0.25) is 0 Å². The molecule has 0 amide bonds. The van der Waals surface area contributed by atoms with E-state index in [-0.39, 0.29) is 0 Å². The molecular weight excluding hydrogens is 689 g/mol. The number of thiophene rings is 2. The van der Waals surface area contributed by atoms with E-state index < -0.39 is 0 Å². The summed E-state index contributed by atoms with van der Waals surface area (Å²) in [6, 6.07) is 67.8. The van der Waals surface area contributed by atoms with Gasteiger partial charge < -0.3 is 0 Å². The van der Waals surface area contributed by atoms with Crippen molar-refractivity contribution in [1.82, 2.24) is 0 Å². The molecule has 2 heterocycles. The lowest BCUT2D eigenvalue weighted by Gasteiger charge is -2.19. The topological polar surface area (TPSA) is 0 Å². The fraction of sp³-hybridized carbons (Fsp3) is 0. The molecule has 0 aliphatic heterocycles. The molecule has 0 N–H and O–H groups in total. The molecule has 0 nitrogen and oxygen atoms in total. The highest BCUT2D eigenvalue weighted by atomic mass is 32.1. The molecule has 12 rings (SSSR count). The first-order valence-electron chi connectivity index (χ1n) is 18.5. The molecule has 2 aromatic heterocycles. The molecule has 0 bridgehead atoms. The minimum absolute atomic E-state index is 1.24. The first-order valence-corrected chi connectivity index (χ1v) is 20.1. The maximum absolute atomic E-state index is 2.39. The van der Waals surface area contributed by atoms with Crippen molar-refractivity contribution in [3.8, 4) is 33.4 Å². The van der Waals surface area contributed by atoms with Gasteiger partial charge in [-0.05, 0) is 107 Å². The van der Waals surface area contributed by atoms with Gasteiger partial charge in [0.15, 0.2) is 0 Å². The van der Waals surface area contributed by atoms with Gasteiger partial charge in [-0.1, -0.05) is 152 Å². The molecule has 0 fully saturated rings. The molecule has 0 saturated heterocycles. The third-order valence-electron chi connectivity index (χ3n) is 11.4. The minimum atomic E-state index is 1.24. The monoisotopic (exact) mass is 718 g/mol. The summed E-state index contributed by atoms with van der Waals surface area (Å²) in [5.74, 6) is 0. The van der Waals surface area contributed by atoms with Crippen molar-refractivity contribution in [1.29, 1.82) is 0 Å². The van der Waals surface area contributed by atoms with Gasteiger partial charge >= 0.3 is 0 Å². The molecule has 0 unspecified atom stereocenters. The molecule has 0 spiro atoms. The van der Waals surface area contributed by atoms with Gasteiger partial charge in [0.1, 0.15) is 0 Å². The van der Waals surface area contributed by atoms with Crippen molar-refractivity contribution >= 4 is 106 Å². The number of fused-ring (bicyclic) bond motifs is 11. The maximum atomic E-state index is 2.39. The van der Waals surface area contributed by atoms with Gasteiger partial charge in [0.2, 0.25) is 0 Å². The quantitative estimate of drug-likeness (QED) is 0.160. The van der Waals surface area contributed by atoms with Gasteiger partial charge in [-0.3, -0.25) is 0 Å². The van der Waals surface area contributed by atoms with Crippen molar-refractivity contribution in [2.24, 2.45) is 0 Å². The highest BCUT2D eigenvalue weighted by molar-refractivity contribution is 7.29. The summed E-state index contributed by atoms with van der Waals surface area (Å²) in [4.78, 5) is 0. The normalized spacial score (nSPS) is 12.1. The molecule has 54 heavy (non-hydrogen) atoms. The van der Waals surface area contributed by atoms with E-state index in [1.165, 1.54) is 117 Å². The van der Waals surface area contributed by atoms with Gasteiger partial charge in [-0.2, -0.15) is 0 Å². The molecule has 0 atom stereocenters. The zero-order valence-electron chi connectivity index (χ0n) is 29.1. The Balaban J connectivity index is 0.992. The number of benzene rings is 10. The van der Waals surface area contributed by atoms with Crippen LogP contribution in [0, 0.1) is 0 Å². The Hall–Kier alpha value is -6.32. The van der Waals surface area contributed by atoms with Crippen LogP contribution in [0.3, 0.4) is 0 Å². The van der Waals surface area contributed by atoms with Crippen LogP contribution in [0.1, 0.15) is 0 Å². The highest BCUT2D eigenvalue weighted by Crippen LogP contribution is 2.47. The fourth-order valence-electron chi connectivity index (χ4n) is 8.98. The largest absolute Gasteiger partial charge is 0.135 e. The summed E-state index contributed by atoms with van der Waals surface area (Å²) in [5, 5.41) is 15.6. The second kappa shape index (κ2) is 11.6. The molecule has 0 aliphatic rings. The molecular formula is C52H30S2. The van der Waals surface area contributed by atoms with Gasteiger partial charge in [0, 0.05) is 40.3 Å². The Morgan fingerprint density at radius 2 is 0.852 bits per heavy atom. The molecule has 0 saturated carbocycles. The van der Waals surface area contributed by atoms with Crippen LogP contribution in [-0.4, -0.2) is 0 Å². The van der Waals surface area contributed by atoms with Gasteiger partial charge in [-0.15, -0.1) is 22.7 Å². The molecule has 250 valence electrons. The number of hydrogen-bond acceptors (Lipinski definition) is 2. The van der Waals surface area contributed by atoms with Crippen molar-refractivity contribution in [2.75, 3.05) is 0 Å². The maximum Gasteiger partial charge on any atom is 0.0448 e. The Morgan fingerprint density at radius 3 is 1.63 bits per heavy atom. The van der Waals surface area contributed by atoms with E-state index in [9.17, 15) is 0 Å². The average molecular weight is 719 g/mol. The minimum Gasteiger partial charge on any atom is -0.135 e. The fourth-order valence-corrected chi connectivity index (χ4v) is 11.5. The first-order chi connectivity index (χ1) is 26.8. The third-order valence-corrected chi connectivity index (χ3v) is 13.8. The van der Waals surface area contributed by atoms with Crippen molar-refractivity contribution in [3.63, 3.8) is 0 Å². The molecule has 12 aromatic rings. The van der Waals surface area contributed by atoms with E-state index in [1.807, 2.05) is 22.7 Å². The first kappa shape index (κ1) is 30.2. The van der Waals surface area contributed by atoms with Crippen molar-refractivity contribution in [2.45, 2.75) is 0 Å². The Bertz CT molecular complexity index is 3440. The van der Waals surface area contributed by atoms with Gasteiger partial charge in [0.25, 0.3) is 0 Å². The zero-order valence-corrected chi connectivity index (χ0v) is 30.8. The zero-order chi connectivity index (χ0) is 35.3. The predicted octanol–water partition coefficient (Wildman–Crippen LogP) is 16.0. The van der Waals surface area contributed by atoms with Crippen LogP contribution < -0.4 is 0 Å². The predicted molar refractivity (Wildman–Crippen MR) is 239 cm³/mol. The lowest BCUT2D eigenvalue weighted by Crippen LogP contribution is -1.91. The van der Waals surface area contributed by atoms with E-state index in [1.54, 1.807) is 0 Å². The van der Waals surface area contributed by atoms with E-state index in [2.05, 4.69) is 182 Å². The van der Waals surface area contributed by atoms with Gasteiger partial charge in [0.05, 0.1) is 0 Å². The van der Waals surface area contributed by atoms with Crippen LogP contribution in [0.25, 0.3) is 117 Å². The standard InChI is InChI=1S/C52H30S2/c1-2-12-37-31(10-1)11-9-18-39(37)50-42-16-5-3-14-40(42)49(41-15-4-6-17-43(41)50)36-23-22-32-28-33(20-21-34(32)29-36)35-24-25-45-48(30-35)53-47-27-26-44-38-13-7-8-19-46(38)54-52(44)51(45)47/h1-30H. The second-order valence-electron chi connectivity index (χ2n) is 14.4. The van der Waals surface area contributed by atoms with Crippen LogP contribution in [-0.2, 0) is 0 Å². The average Bonchev–Trinajstić information content (AvgIpc) is 3.80. The third kappa shape index (κ3) is 4.42. The lowest BCUT2D eigenvalue weighted by molar-refractivity contribution is 1.67. The van der Waals surface area contributed by atoms with Crippen molar-refractivity contribution < 1.29 is 0 Å². The van der Waals surface area contributed by atoms with E-state index in [0.29, 0.717) is 0 Å². The molecule has 0 aliphatic carbocycles. The smallest absolute Gasteiger partial charge is 0.0448 e. The number of hydrogen-bond donors (Lipinski definition) is 0. The Labute approximate surface area is 319 Å². The van der Waals surface area contributed by atoms with Crippen LogP contribution in [0.5, 0.6) is 0 Å². The summed E-state index contributed by atoms with van der Waals surface area (Å²) < 4.78 is 5.46. The summed E-state index contributed by atoms with van der Waals surface area (Å²) in [7, 11) is 0. The van der Waals surface area contributed by atoms with Gasteiger partial charge in [-0.25, -0.2) is 0 Å². The Kier molecular flexibility index (Phi) is 6.48. The molecule has 10 aromatic carbocycles. The van der Waals surface area contributed by atoms with Crippen LogP contribution in [0.15, 0.2) is 182 Å². The Morgan fingerprint density at radius 1 is 0.278 bits per heavy atom. The van der Waals surface area contributed by atoms with Crippen molar-refractivity contribution in [3.05, 3.63) is 182 Å². The van der Waals surface area contributed by atoms with Crippen LogP contribution in [0.4, 0.5) is 0 Å². The SMILES string of the molecule is c1ccc2c(-c3c4ccccc4c(-c4ccc5cc(-c6ccc7c(c6)sc6ccc8c9ccccc9sc8c67)ccc5c4)c4ccccc34)cccc2c1.